The maximum absolute atomic E-state index is 6.40. The third-order valence-electron chi connectivity index (χ3n) is 4.12. The molecule has 0 amide bonds. The van der Waals surface area contributed by atoms with Crippen molar-refractivity contribution in [2.45, 2.75) is 6.92 Å². The molecule has 2 aromatic carbocycles. The standard InChI is InChI=1S/C19H13Cl2N3S/c1-11-5-7-12(8-6-11)16-10-24-18(23-16)14(9-22-19(24)25)13-3-2-4-15(20)17(13)21/h2-10,23H,1H3. The predicted molar refractivity (Wildman–Crippen MR) is 106 cm³/mol. The summed E-state index contributed by atoms with van der Waals surface area (Å²) in [5.41, 5.74) is 5.74. The second-order valence-corrected chi connectivity index (χ2v) is 6.96. The van der Waals surface area contributed by atoms with Gasteiger partial charge in [0.25, 0.3) is 0 Å². The van der Waals surface area contributed by atoms with Crippen molar-refractivity contribution in [2.75, 3.05) is 0 Å². The Morgan fingerprint density at radius 3 is 2.56 bits per heavy atom. The molecule has 0 spiro atoms. The number of H-pyrrole nitrogens is 1. The number of aryl methyl sites for hydroxylation is 1. The van der Waals surface area contributed by atoms with Gasteiger partial charge in [0.2, 0.25) is 4.77 Å². The maximum atomic E-state index is 6.40. The minimum Gasteiger partial charge on any atom is -0.339 e. The lowest BCUT2D eigenvalue weighted by atomic mass is 10.1. The van der Waals surface area contributed by atoms with Gasteiger partial charge in [-0.25, -0.2) is 4.98 Å². The Morgan fingerprint density at radius 2 is 1.80 bits per heavy atom. The van der Waals surface area contributed by atoms with Crippen LogP contribution in [0, 0.1) is 11.7 Å². The number of nitrogens with one attached hydrogen (secondary N) is 1. The van der Waals surface area contributed by atoms with Crippen molar-refractivity contribution in [2.24, 2.45) is 0 Å². The van der Waals surface area contributed by atoms with E-state index in [1.807, 2.05) is 22.7 Å². The number of fused-ring (bicyclic) bond motifs is 1. The van der Waals surface area contributed by atoms with Crippen LogP contribution >= 0.6 is 35.4 Å². The smallest absolute Gasteiger partial charge is 0.205 e. The Hall–Kier alpha value is -2.14. The SMILES string of the molecule is Cc1ccc(-c2cn3c(=S)ncc(-c4cccc(Cl)c4Cl)c3[nH]2)cc1. The fourth-order valence-electron chi connectivity index (χ4n) is 2.79. The van der Waals surface area contributed by atoms with Crippen LogP contribution in [0.2, 0.25) is 10.0 Å². The number of benzene rings is 2. The van der Waals surface area contributed by atoms with Crippen LogP contribution in [0.1, 0.15) is 5.56 Å². The summed E-state index contributed by atoms with van der Waals surface area (Å²) in [5.74, 6) is 0. The molecule has 0 aliphatic heterocycles. The molecule has 0 radical (unpaired) electrons. The number of halogens is 2. The zero-order valence-electron chi connectivity index (χ0n) is 13.3. The lowest BCUT2D eigenvalue weighted by Gasteiger charge is -2.07. The van der Waals surface area contributed by atoms with Crippen LogP contribution in [0.4, 0.5) is 0 Å². The average Bonchev–Trinajstić information content (AvgIpc) is 3.05. The number of hydrogen-bond donors (Lipinski definition) is 1. The van der Waals surface area contributed by atoms with Crippen molar-refractivity contribution >= 4 is 41.1 Å². The highest BCUT2D eigenvalue weighted by molar-refractivity contribution is 7.71. The van der Waals surface area contributed by atoms with Gasteiger partial charge >= 0.3 is 0 Å². The molecule has 0 saturated heterocycles. The van der Waals surface area contributed by atoms with Crippen molar-refractivity contribution < 1.29 is 0 Å². The summed E-state index contributed by atoms with van der Waals surface area (Å²) >= 11 is 18.0. The third-order valence-corrected chi connectivity index (χ3v) is 5.24. The van der Waals surface area contributed by atoms with E-state index in [2.05, 4.69) is 41.2 Å². The van der Waals surface area contributed by atoms with E-state index in [1.165, 1.54) is 5.56 Å². The topological polar surface area (TPSA) is 33.1 Å². The summed E-state index contributed by atoms with van der Waals surface area (Å²) in [4.78, 5) is 7.77. The third kappa shape index (κ3) is 2.86. The molecule has 0 aliphatic rings. The quantitative estimate of drug-likeness (QED) is 0.408. The van der Waals surface area contributed by atoms with Crippen LogP contribution in [0.5, 0.6) is 0 Å². The normalized spacial score (nSPS) is 11.2. The van der Waals surface area contributed by atoms with Gasteiger partial charge in [0.1, 0.15) is 5.65 Å². The first-order valence-corrected chi connectivity index (χ1v) is 8.83. The molecule has 0 saturated carbocycles. The minimum atomic E-state index is 0.478. The van der Waals surface area contributed by atoms with Crippen molar-refractivity contribution in [1.29, 1.82) is 0 Å². The second-order valence-electron chi connectivity index (χ2n) is 5.81. The summed E-state index contributed by atoms with van der Waals surface area (Å²) in [7, 11) is 0. The molecule has 3 nitrogen and oxygen atoms in total. The first-order valence-electron chi connectivity index (χ1n) is 7.66. The van der Waals surface area contributed by atoms with Crippen molar-refractivity contribution in [3.8, 4) is 22.4 Å². The van der Waals surface area contributed by atoms with Gasteiger partial charge in [-0.3, -0.25) is 4.40 Å². The molecular formula is C19H13Cl2N3S. The molecular weight excluding hydrogens is 373 g/mol. The molecule has 4 aromatic rings. The fraction of sp³-hybridized carbons (Fsp3) is 0.0526. The Kier molecular flexibility index (Phi) is 4.12. The average molecular weight is 386 g/mol. The Labute approximate surface area is 159 Å². The van der Waals surface area contributed by atoms with E-state index in [9.17, 15) is 0 Å². The van der Waals surface area contributed by atoms with Gasteiger partial charge in [-0.2, -0.15) is 0 Å². The Balaban J connectivity index is 1.98. The van der Waals surface area contributed by atoms with Gasteiger partial charge in [0.15, 0.2) is 0 Å². The van der Waals surface area contributed by atoms with Gasteiger partial charge in [0, 0.05) is 23.5 Å². The molecule has 124 valence electrons. The number of rotatable bonds is 2. The lowest BCUT2D eigenvalue weighted by molar-refractivity contribution is 1.06. The summed E-state index contributed by atoms with van der Waals surface area (Å²) in [6, 6.07) is 13.8. The van der Waals surface area contributed by atoms with Crippen LogP contribution in [0.15, 0.2) is 54.9 Å². The summed E-state index contributed by atoms with van der Waals surface area (Å²) in [5, 5.41) is 1.00. The highest BCUT2D eigenvalue weighted by atomic mass is 35.5. The van der Waals surface area contributed by atoms with E-state index in [4.69, 9.17) is 35.4 Å². The maximum Gasteiger partial charge on any atom is 0.205 e. The van der Waals surface area contributed by atoms with Gasteiger partial charge in [-0.05, 0) is 30.8 Å². The van der Waals surface area contributed by atoms with E-state index < -0.39 is 0 Å². The van der Waals surface area contributed by atoms with E-state index in [0.717, 1.165) is 28.0 Å². The molecule has 2 heterocycles. The first-order chi connectivity index (χ1) is 12.0. The molecule has 0 bridgehead atoms. The molecule has 0 atom stereocenters. The Bertz CT molecular complexity index is 1140. The molecule has 0 fully saturated rings. The van der Waals surface area contributed by atoms with E-state index in [-0.39, 0.29) is 0 Å². The van der Waals surface area contributed by atoms with E-state index in [0.29, 0.717) is 14.8 Å². The van der Waals surface area contributed by atoms with Crippen LogP contribution in [0.25, 0.3) is 28.0 Å². The number of nitrogens with zero attached hydrogens (tertiary/aromatic N) is 2. The van der Waals surface area contributed by atoms with Gasteiger partial charge in [-0.1, -0.05) is 65.2 Å². The number of imidazole rings is 1. The molecule has 0 unspecified atom stereocenters. The predicted octanol–water partition coefficient (Wildman–Crippen LogP) is 6.34. The van der Waals surface area contributed by atoms with Crippen molar-refractivity contribution in [1.82, 2.24) is 14.4 Å². The summed E-state index contributed by atoms with van der Waals surface area (Å²) < 4.78 is 2.34. The minimum absolute atomic E-state index is 0.478. The molecule has 0 aliphatic carbocycles. The van der Waals surface area contributed by atoms with Gasteiger partial charge < -0.3 is 4.98 Å². The van der Waals surface area contributed by atoms with Crippen molar-refractivity contribution in [3.63, 3.8) is 0 Å². The van der Waals surface area contributed by atoms with Crippen LogP contribution in [0.3, 0.4) is 0 Å². The molecule has 6 heteroatoms. The van der Waals surface area contributed by atoms with Crippen molar-refractivity contribution in [3.05, 3.63) is 75.2 Å². The highest BCUT2D eigenvalue weighted by Gasteiger charge is 2.14. The highest BCUT2D eigenvalue weighted by Crippen LogP contribution is 2.35. The van der Waals surface area contributed by atoms with Crippen LogP contribution < -0.4 is 0 Å². The molecule has 25 heavy (non-hydrogen) atoms. The van der Waals surface area contributed by atoms with Gasteiger partial charge in [-0.15, -0.1) is 0 Å². The Morgan fingerprint density at radius 1 is 1.04 bits per heavy atom. The summed E-state index contributed by atoms with van der Waals surface area (Å²) in [6.45, 7) is 2.06. The second kappa shape index (κ2) is 6.30. The fourth-order valence-corrected chi connectivity index (χ4v) is 3.39. The zero-order valence-corrected chi connectivity index (χ0v) is 15.6. The van der Waals surface area contributed by atoms with E-state index in [1.54, 1.807) is 12.3 Å². The van der Waals surface area contributed by atoms with Gasteiger partial charge in [0.05, 0.1) is 15.7 Å². The largest absolute Gasteiger partial charge is 0.339 e. The number of hydrogen-bond acceptors (Lipinski definition) is 2. The molecule has 4 rings (SSSR count). The zero-order chi connectivity index (χ0) is 17.6. The lowest BCUT2D eigenvalue weighted by Crippen LogP contribution is -1.93. The first kappa shape index (κ1) is 16.3. The van der Waals surface area contributed by atoms with Crippen LogP contribution in [-0.2, 0) is 0 Å². The van der Waals surface area contributed by atoms with Crippen LogP contribution in [-0.4, -0.2) is 14.4 Å². The molecule has 1 N–H and O–H groups in total. The van der Waals surface area contributed by atoms with E-state index >= 15 is 0 Å². The summed E-state index contributed by atoms with van der Waals surface area (Å²) in [6.07, 6.45) is 3.68. The molecule has 2 aromatic heterocycles. The number of aromatic amines is 1. The number of aromatic nitrogens is 3. The monoisotopic (exact) mass is 385 g/mol.